The lowest BCUT2D eigenvalue weighted by Crippen LogP contribution is -2.27. The van der Waals surface area contributed by atoms with Crippen LogP contribution in [0, 0.1) is 0 Å². The maximum atomic E-state index is 12.7. The number of nitrogens with one attached hydrogen (secondary N) is 1. The number of benzene rings is 3. The minimum atomic E-state index is -0.230. The fourth-order valence-electron chi connectivity index (χ4n) is 3.05. The zero-order chi connectivity index (χ0) is 19.8. The maximum absolute atomic E-state index is 12.7. The van der Waals surface area contributed by atoms with E-state index < -0.39 is 0 Å². The van der Waals surface area contributed by atoms with E-state index in [9.17, 15) is 4.79 Å². The van der Waals surface area contributed by atoms with Gasteiger partial charge in [0.1, 0.15) is 0 Å². The smallest absolute Gasteiger partial charge is 0.244 e. The molecule has 3 rings (SSSR count). The first kappa shape index (κ1) is 19.2. The molecule has 0 saturated heterocycles. The third kappa shape index (κ3) is 4.60. The van der Waals surface area contributed by atoms with Crippen molar-refractivity contribution in [2.24, 2.45) is 0 Å². The number of methoxy groups -OCH3 is 2. The zero-order valence-electron chi connectivity index (χ0n) is 16.0. The highest BCUT2D eigenvalue weighted by molar-refractivity contribution is 5.92. The van der Waals surface area contributed by atoms with Gasteiger partial charge in [0.15, 0.2) is 11.5 Å². The molecule has 0 bridgehead atoms. The van der Waals surface area contributed by atoms with E-state index in [1.807, 2.05) is 78.9 Å². The Kier molecular flexibility index (Phi) is 6.47. The Morgan fingerprint density at radius 3 is 1.96 bits per heavy atom. The van der Waals surface area contributed by atoms with Gasteiger partial charge in [0.2, 0.25) is 5.91 Å². The molecule has 0 radical (unpaired) electrons. The minimum Gasteiger partial charge on any atom is -0.493 e. The van der Waals surface area contributed by atoms with Crippen molar-refractivity contribution in [3.05, 3.63) is 102 Å². The van der Waals surface area contributed by atoms with Crippen molar-refractivity contribution in [2.45, 2.75) is 6.04 Å². The van der Waals surface area contributed by atoms with Gasteiger partial charge in [0, 0.05) is 11.6 Å². The van der Waals surface area contributed by atoms with E-state index >= 15 is 0 Å². The summed E-state index contributed by atoms with van der Waals surface area (Å²) in [7, 11) is 3.17. The summed E-state index contributed by atoms with van der Waals surface area (Å²) >= 11 is 0. The maximum Gasteiger partial charge on any atom is 0.244 e. The lowest BCUT2D eigenvalue weighted by molar-refractivity contribution is -0.116. The topological polar surface area (TPSA) is 47.6 Å². The predicted octanol–water partition coefficient (Wildman–Crippen LogP) is 4.62. The third-order valence-electron chi connectivity index (χ3n) is 4.40. The third-order valence-corrected chi connectivity index (χ3v) is 4.40. The lowest BCUT2D eigenvalue weighted by atomic mass is 9.98. The Bertz CT molecular complexity index is 897. The molecule has 0 heterocycles. The molecule has 0 spiro atoms. The second-order valence-corrected chi connectivity index (χ2v) is 6.18. The Labute approximate surface area is 165 Å². The summed E-state index contributed by atoms with van der Waals surface area (Å²) in [6, 6.07) is 25.1. The summed E-state index contributed by atoms with van der Waals surface area (Å²) in [5, 5.41) is 3.09. The van der Waals surface area contributed by atoms with Crippen LogP contribution >= 0.6 is 0 Å². The van der Waals surface area contributed by atoms with Crippen molar-refractivity contribution in [1.29, 1.82) is 0 Å². The molecule has 3 aromatic carbocycles. The minimum absolute atomic E-state index is 0.192. The van der Waals surface area contributed by atoms with Crippen LogP contribution in [0.1, 0.15) is 22.7 Å². The molecule has 4 nitrogen and oxygen atoms in total. The molecule has 0 aliphatic heterocycles. The van der Waals surface area contributed by atoms with Crippen LogP contribution in [0.3, 0.4) is 0 Å². The van der Waals surface area contributed by atoms with Crippen LogP contribution in [-0.4, -0.2) is 20.1 Å². The molecular weight excluding hydrogens is 350 g/mol. The number of amides is 1. The number of rotatable bonds is 7. The highest BCUT2D eigenvalue weighted by Gasteiger charge is 2.15. The van der Waals surface area contributed by atoms with E-state index in [1.54, 1.807) is 20.3 Å². The molecule has 0 unspecified atom stereocenters. The number of hydrogen-bond donors (Lipinski definition) is 1. The SMILES string of the molecule is COc1cccc(/C=C/C(=O)NC(c2ccccc2)c2ccccc2)c1OC. The summed E-state index contributed by atoms with van der Waals surface area (Å²) in [4.78, 5) is 12.7. The number of para-hydroxylation sites is 1. The van der Waals surface area contributed by atoms with Gasteiger partial charge >= 0.3 is 0 Å². The van der Waals surface area contributed by atoms with Crippen molar-refractivity contribution in [3.63, 3.8) is 0 Å². The molecule has 0 aromatic heterocycles. The number of hydrogen-bond acceptors (Lipinski definition) is 3. The number of carbonyl (C=O) groups excluding carboxylic acids is 1. The van der Waals surface area contributed by atoms with E-state index in [0.29, 0.717) is 11.5 Å². The van der Waals surface area contributed by atoms with E-state index in [0.717, 1.165) is 16.7 Å². The average molecular weight is 373 g/mol. The van der Waals surface area contributed by atoms with E-state index in [-0.39, 0.29) is 11.9 Å². The van der Waals surface area contributed by atoms with Crippen LogP contribution < -0.4 is 14.8 Å². The Hall–Kier alpha value is -3.53. The van der Waals surface area contributed by atoms with E-state index in [4.69, 9.17) is 9.47 Å². The fraction of sp³-hybridized carbons (Fsp3) is 0.125. The molecule has 1 amide bonds. The summed E-state index contributed by atoms with van der Waals surface area (Å²) in [5.41, 5.74) is 2.82. The molecule has 0 aliphatic carbocycles. The molecule has 3 aromatic rings. The largest absolute Gasteiger partial charge is 0.493 e. The summed E-state index contributed by atoms with van der Waals surface area (Å²) in [6.45, 7) is 0. The first-order valence-electron chi connectivity index (χ1n) is 9.02. The van der Waals surface area contributed by atoms with Crippen LogP contribution in [0.25, 0.3) is 6.08 Å². The molecule has 4 heteroatoms. The van der Waals surface area contributed by atoms with Gasteiger partial charge in [0.05, 0.1) is 20.3 Å². The van der Waals surface area contributed by atoms with Crippen LogP contribution in [0.15, 0.2) is 84.9 Å². The van der Waals surface area contributed by atoms with Gasteiger partial charge in [-0.15, -0.1) is 0 Å². The zero-order valence-corrected chi connectivity index (χ0v) is 16.0. The monoisotopic (exact) mass is 373 g/mol. The van der Waals surface area contributed by atoms with Crippen molar-refractivity contribution in [1.82, 2.24) is 5.32 Å². The molecule has 0 atom stereocenters. The quantitative estimate of drug-likeness (QED) is 0.615. The fourth-order valence-corrected chi connectivity index (χ4v) is 3.05. The Morgan fingerprint density at radius 2 is 1.43 bits per heavy atom. The van der Waals surface area contributed by atoms with Gasteiger partial charge in [-0.1, -0.05) is 72.8 Å². The first-order chi connectivity index (χ1) is 13.7. The predicted molar refractivity (Wildman–Crippen MR) is 111 cm³/mol. The molecule has 142 valence electrons. The molecule has 1 N–H and O–H groups in total. The van der Waals surface area contributed by atoms with Gasteiger partial charge in [0.25, 0.3) is 0 Å². The molecular formula is C24H23NO3. The second kappa shape index (κ2) is 9.42. The standard InChI is InChI=1S/C24H23NO3/c1-27-21-15-9-14-20(24(21)28-2)16-17-22(26)25-23(18-10-5-3-6-11-18)19-12-7-4-8-13-19/h3-17,23H,1-2H3,(H,25,26)/b17-16+. The Morgan fingerprint density at radius 1 is 0.821 bits per heavy atom. The van der Waals surface area contributed by atoms with Crippen molar-refractivity contribution >= 4 is 12.0 Å². The van der Waals surface area contributed by atoms with Crippen LogP contribution in [-0.2, 0) is 4.79 Å². The van der Waals surface area contributed by atoms with Gasteiger partial charge in [-0.05, 0) is 23.3 Å². The highest BCUT2D eigenvalue weighted by atomic mass is 16.5. The summed E-state index contributed by atoms with van der Waals surface area (Å²) in [6.07, 6.45) is 3.24. The summed E-state index contributed by atoms with van der Waals surface area (Å²) in [5.74, 6) is 1.02. The van der Waals surface area contributed by atoms with Gasteiger partial charge in [-0.3, -0.25) is 4.79 Å². The highest BCUT2D eigenvalue weighted by Crippen LogP contribution is 2.31. The molecule has 0 fully saturated rings. The van der Waals surface area contributed by atoms with E-state index in [2.05, 4.69) is 5.32 Å². The Balaban J connectivity index is 1.83. The van der Waals surface area contributed by atoms with Crippen LogP contribution in [0.4, 0.5) is 0 Å². The van der Waals surface area contributed by atoms with Gasteiger partial charge < -0.3 is 14.8 Å². The molecule has 0 aliphatic rings. The number of ether oxygens (including phenoxy) is 2. The van der Waals surface area contributed by atoms with E-state index in [1.165, 1.54) is 6.08 Å². The number of carbonyl (C=O) groups is 1. The van der Waals surface area contributed by atoms with Crippen LogP contribution in [0.2, 0.25) is 0 Å². The van der Waals surface area contributed by atoms with Crippen LogP contribution in [0.5, 0.6) is 11.5 Å². The van der Waals surface area contributed by atoms with Crippen molar-refractivity contribution < 1.29 is 14.3 Å². The molecule has 0 saturated carbocycles. The normalized spacial score (nSPS) is 10.8. The lowest BCUT2D eigenvalue weighted by Gasteiger charge is -2.19. The second-order valence-electron chi connectivity index (χ2n) is 6.18. The van der Waals surface area contributed by atoms with Gasteiger partial charge in [-0.2, -0.15) is 0 Å². The van der Waals surface area contributed by atoms with Gasteiger partial charge in [-0.25, -0.2) is 0 Å². The molecule has 28 heavy (non-hydrogen) atoms. The average Bonchev–Trinajstić information content (AvgIpc) is 2.76. The first-order valence-corrected chi connectivity index (χ1v) is 9.02. The van der Waals surface area contributed by atoms with Crippen molar-refractivity contribution in [3.8, 4) is 11.5 Å². The van der Waals surface area contributed by atoms with Crippen molar-refractivity contribution in [2.75, 3.05) is 14.2 Å². The summed E-state index contributed by atoms with van der Waals surface area (Å²) < 4.78 is 10.7.